The fraction of sp³-hybridized carbons (Fsp3) is 0.364. The fourth-order valence-electron chi connectivity index (χ4n) is 3.33. The van der Waals surface area contributed by atoms with Gasteiger partial charge in [-0.1, -0.05) is 6.07 Å². The first-order valence-corrected chi connectivity index (χ1v) is 10.5. The van der Waals surface area contributed by atoms with Crippen molar-refractivity contribution < 1.29 is 19.0 Å². The number of hydrogen-bond donors (Lipinski definition) is 1. The summed E-state index contributed by atoms with van der Waals surface area (Å²) in [5.41, 5.74) is 6.63. The molecule has 0 atom stereocenters. The number of nitrogens with zero attached hydrogens (tertiary/aromatic N) is 2. The molecule has 0 spiro atoms. The number of carbonyl (C=O) groups is 1. The summed E-state index contributed by atoms with van der Waals surface area (Å²) < 4.78 is 15.9. The van der Waals surface area contributed by atoms with Crippen molar-refractivity contribution in [1.82, 2.24) is 0 Å². The van der Waals surface area contributed by atoms with E-state index in [-0.39, 0.29) is 18.6 Å². The first-order chi connectivity index (χ1) is 14.6. The number of piperidine rings is 1. The summed E-state index contributed by atoms with van der Waals surface area (Å²) in [6, 6.07) is 9.55. The molecule has 7 nitrogen and oxygen atoms in total. The van der Waals surface area contributed by atoms with Crippen LogP contribution in [0.1, 0.15) is 23.3 Å². The van der Waals surface area contributed by atoms with Gasteiger partial charge in [-0.2, -0.15) is 0 Å². The molecule has 158 valence electrons. The summed E-state index contributed by atoms with van der Waals surface area (Å²) in [4.78, 5) is 18.3. The molecule has 2 heterocycles. The molecule has 2 N–H and O–H groups in total. The molecule has 0 bridgehead atoms. The highest BCUT2D eigenvalue weighted by Gasteiger charge is 2.23. The predicted octanol–water partition coefficient (Wildman–Crippen LogP) is 3.65. The number of ether oxygens (including phenoxy) is 3. The van der Waals surface area contributed by atoms with E-state index in [0.29, 0.717) is 17.2 Å². The Hall–Kier alpha value is -3.02. The third-order valence-electron chi connectivity index (χ3n) is 4.91. The van der Waals surface area contributed by atoms with Crippen LogP contribution in [-0.2, 0) is 9.53 Å². The van der Waals surface area contributed by atoms with Crippen molar-refractivity contribution in [2.75, 3.05) is 38.8 Å². The third kappa shape index (κ3) is 5.12. The Morgan fingerprint density at radius 1 is 1.23 bits per heavy atom. The minimum Gasteiger partial charge on any atom is -0.493 e. The van der Waals surface area contributed by atoms with Crippen LogP contribution < -0.4 is 20.1 Å². The van der Waals surface area contributed by atoms with Crippen LogP contribution in [0, 0.1) is 6.57 Å². The average molecular weight is 428 g/mol. The Bertz CT molecular complexity index is 956. The van der Waals surface area contributed by atoms with Crippen LogP contribution in [0.2, 0.25) is 0 Å². The van der Waals surface area contributed by atoms with E-state index in [4.69, 9.17) is 26.5 Å². The van der Waals surface area contributed by atoms with Gasteiger partial charge < -0.3 is 24.8 Å². The summed E-state index contributed by atoms with van der Waals surface area (Å²) in [6.07, 6.45) is 3.40. The quantitative estimate of drug-likeness (QED) is 0.537. The molecule has 1 aromatic heterocycles. The number of nitrogens with two attached hydrogens (primary N) is 1. The molecule has 1 aliphatic rings. The highest BCUT2D eigenvalue weighted by Crippen LogP contribution is 2.34. The predicted molar refractivity (Wildman–Crippen MR) is 119 cm³/mol. The number of rotatable bonds is 7. The maximum Gasteiger partial charge on any atom is 0.319 e. The van der Waals surface area contributed by atoms with Crippen molar-refractivity contribution in [3.05, 3.63) is 52.2 Å². The van der Waals surface area contributed by atoms with Crippen LogP contribution in [0.15, 0.2) is 30.3 Å². The van der Waals surface area contributed by atoms with Crippen LogP contribution in [0.5, 0.6) is 11.5 Å². The van der Waals surface area contributed by atoms with Crippen molar-refractivity contribution in [3.8, 4) is 11.5 Å². The summed E-state index contributed by atoms with van der Waals surface area (Å²) in [5.74, 6) is 0.873. The van der Waals surface area contributed by atoms with E-state index in [0.717, 1.165) is 41.4 Å². The molecule has 0 unspecified atom stereocenters. The topological polar surface area (TPSA) is 78.4 Å². The monoisotopic (exact) mass is 427 g/mol. The summed E-state index contributed by atoms with van der Waals surface area (Å²) in [6.45, 7) is 9.15. The number of carbonyl (C=O) groups excluding carboxylic acids is 1. The highest BCUT2D eigenvalue weighted by atomic mass is 32.1. The standard InChI is InChI=1S/C22H25N3O4S/c1-24-18(15-4-6-19(27-2)20(12-15)28-3)13-17-5-7-21(30-17)25-10-8-16(9-11-25)29-22(26)14-23/h4-7,12-13,16H,8-11,14,23H2,2-3H3. The molecule has 8 heteroatoms. The number of anilines is 1. The molecule has 1 aliphatic heterocycles. The lowest BCUT2D eigenvalue weighted by molar-refractivity contribution is -0.148. The second-order valence-electron chi connectivity index (χ2n) is 6.77. The summed E-state index contributed by atoms with van der Waals surface area (Å²) in [5, 5.41) is 1.14. The maximum atomic E-state index is 11.4. The van der Waals surface area contributed by atoms with E-state index in [1.54, 1.807) is 31.6 Å². The number of methoxy groups -OCH3 is 2. The van der Waals surface area contributed by atoms with Gasteiger partial charge in [0.05, 0.1) is 32.3 Å². The second kappa shape index (κ2) is 10.1. The van der Waals surface area contributed by atoms with Gasteiger partial charge in [0.15, 0.2) is 17.2 Å². The van der Waals surface area contributed by atoms with Gasteiger partial charge in [-0.05, 0) is 35.9 Å². The molecular formula is C22H25N3O4S. The van der Waals surface area contributed by atoms with Crippen LogP contribution >= 0.6 is 11.3 Å². The van der Waals surface area contributed by atoms with Gasteiger partial charge in [-0.15, -0.1) is 11.3 Å². The van der Waals surface area contributed by atoms with Gasteiger partial charge in [0.25, 0.3) is 0 Å². The molecule has 0 aliphatic carbocycles. The van der Waals surface area contributed by atoms with Crippen LogP contribution in [0.25, 0.3) is 16.6 Å². The molecule has 1 saturated heterocycles. The van der Waals surface area contributed by atoms with E-state index in [1.807, 2.05) is 24.3 Å². The molecule has 30 heavy (non-hydrogen) atoms. The van der Waals surface area contributed by atoms with Crippen molar-refractivity contribution in [2.45, 2.75) is 18.9 Å². The Labute approximate surface area is 180 Å². The number of benzene rings is 1. The first kappa shape index (κ1) is 21.7. The Morgan fingerprint density at radius 2 is 1.97 bits per heavy atom. The fourth-order valence-corrected chi connectivity index (χ4v) is 4.32. The largest absolute Gasteiger partial charge is 0.493 e. The van der Waals surface area contributed by atoms with Gasteiger partial charge in [-0.25, -0.2) is 4.85 Å². The van der Waals surface area contributed by atoms with Gasteiger partial charge in [0.2, 0.25) is 0 Å². The molecular weight excluding hydrogens is 402 g/mol. The zero-order chi connectivity index (χ0) is 21.5. The van der Waals surface area contributed by atoms with Gasteiger partial charge in [-0.3, -0.25) is 4.79 Å². The Morgan fingerprint density at radius 3 is 2.60 bits per heavy atom. The van der Waals surface area contributed by atoms with E-state index >= 15 is 0 Å². The van der Waals surface area contributed by atoms with E-state index < -0.39 is 0 Å². The lowest BCUT2D eigenvalue weighted by atomic mass is 10.1. The third-order valence-corrected chi connectivity index (χ3v) is 6.00. The van der Waals surface area contributed by atoms with Crippen molar-refractivity contribution >= 4 is 34.1 Å². The van der Waals surface area contributed by atoms with Crippen molar-refractivity contribution in [3.63, 3.8) is 0 Å². The SMILES string of the molecule is [C-]#[N+]C(=Cc1ccc(N2CCC(OC(=O)CN)CC2)s1)c1ccc(OC)c(OC)c1. The second-order valence-corrected chi connectivity index (χ2v) is 7.86. The van der Waals surface area contributed by atoms with Crippen LogP contribution in [0.4, 0.5) is 5.00 Å². The van der Waals surface area contributed by atoms with E-state index in [2.05, 4.69) is 15.8 Å². The number of hydrogen-bond acceptors (Lipinski definition) is 7. The Kier molecular flexibility index (Phi) is 7.33. The van der Waals surface area contributed by atoms with Crippen molar-refractivity contribution in [1.29, 1.82) is 0 Å². The zero-order valence-electron chi connectivity index (χ0n) is 17.1. The molecule has 2 aromatic rings. The molecule has 0 radical (unpaired) electrons. The molecule has 1 fully saturated rings. The molecule has 3 rings (SSSR count). The van der Waals surface area contributed by atoms with Crippen molar-refractivity contribution in [2.24, 2.45) is 5.73 Å². The summed E-state index contributed by atoms with van der Waals surface area (Å²) in [7, 11) is 3.16. The highest BCUT2D eigenvalue weighted by molar-refractivity contribution is 7.17. The lowest BCUT2D eigenvalue weighted by Gasteiger charge is -2.32. The molecule has 1 aromatic carbocycles. The van der Waals surface area contributed by atoms with E-state index in [1.165, 1.54) is 0 Å². The number of thiophene rings is 1. The van der Waals surface area contributed by atoms with Crippen LogP contribution in [0.3, 0.4) is 0 Å². The minimum absolute atomic E-state index is 0.0598. The van der Waals surface area contributed by atoms with Gasteiger partial charge in [0.1, 0.15) is 6.10 Å². The average Bonchev–Trinajstić information content (AvgIpc) is 3.26. The van der Waals surface area contributed by atoms with Gasteiger partial charge in [0, 0.05) is 30.8 Å². The Balaban J connectivity index is 1.70. The van der Waals surface area contributed by atoms with Gasteiger partial charge >= 0.3 is 5.97 Å². The lowest BCUT2D eigenvalue weighted by Crippen LogP contribution is -2.38. The number of esters is 1. The molecule has 0 amide bonds. The summed E-state index contributed by atoms with van der Waals surface area (Å²) >= 11 is 1.64. The maximum absolute atomic E-state index is 11.4. The normalized spacial score (nSPS) is 14.9. The van der Waals surface area contributed by atoms with E-state index in [9.17, 15) is 4.79 Å². The zero-order valence-corrected chi connectivity index (χ0v) is 17.9. The van der Waals surface area contributed by atoms with Crippen LogP contribution in [-0.4, -0.2) is 45.9 Å². The first-order valence-electron chi connectivity index (χ1n) is 9.63. The minimum atomic E-state index is -0.348. The molecule has 0 saturated carbocycles. The smallest absolute Gasteiger partial charge is 0.319 e.